The second-order valence-corrected chi connectivity index (χ2v) is 7.70. The summed E-state index contributed by atoms with van der Waals surface area (Å²) in [6.07, 6.45) is 0. The van der Waals surface area contributed by atoms with Crippen molar-refractivity contribution in [2.24, 2.45) is 0 Å². The smallest absolute Gasteiger partial charge is 0.259 e. The lowest BCUT2D eigenvalue weighted by Crippen LogP contribution is -2.24. The first-order valence-corrected chi connectivity index (χ1v) is 10.3. The van der Waals surface area contributed by atoms with Crippen LogP contribution in [0.2, 0.25) is 5.02 Å². The van der Waals surface area contributed by atoms with Crippen molar-refractivity contribution in [3.63, 3.8) is 0 Å². The number of amides is 1. The third-order valence-electron chi connectivity index (χ3n) is 5.21. The minimum absolute atomic E-state index is 0.0730. The molecule has 32 heavy (non-hydrogen) atoms. The van der Waals surface area contributed by atoms with Crippen molar-refractivity contribution in [1.29, 1.82) is 0 Å². The van der Waals surface area contributed by atoms with Crippen molar-refractivity contribution in [2.45, 2.75) is 6.54 Å². The van der Waals surface area contributed by atoms with E-state index in [4.69, 9.17) is 26.3 Å². The molecule has 2 heterocycles. The van der Waals surface area contributed by atoms with Gasteiger partial charge in [0.25, 0.3) is 5.91 Å². The molecule has 158 valence electrons. The maximum atomic E-state index is 13.0. The van der Waals surface area contributed by atoms with Gasteiger partial charge in [0.1, 0.15) is 11.3 Å². The van der Waals surface area contributed by atoms with Crippen LogP contribution in [0.15, 0.2) is 87.8 Å². The van der Waals surface area contributed by atoms with Crippen LogP contribution >= 0.6 is 11.6 Å². The molecule has 0 aliphatic carbocycles. The van der Waals surface area contributed by atoms with Gasteiger partial charge in [-0.15, -0.1) is 0 Å². The van der Waals surface area contributed by atoms with Crippen LogP contribution in [-0.2, 0) is 6.54 Å². The van der Waals surface area contributed by atoms with E-state index in [-0.39, 0.29) is 17.1 Å². The number of rotatable bonds is 5. The van der Waals surface area contributed by atoms with Crippen LogP contribution < -0.4 is 11.1 Å². The topological polar surface area (TPSA) is 94.3 Å². The standard InChI is InChI=1S/C25H18ClN3O3/c26-18-9-4-7-16(13-18)20-11-12-21(31-20)23-22(24(27)32-29-23)25(30)28-14-17-8-3-6-15-5-1-2-10-19(15)17/h1-13H,14,27H2,(H,28,30). The highest BCUT2D eigenvalue weighted by atomic mass is 35.5. The van der Waals surface area contributed by atoms with E-state index in [0.29, 0.717) is 23.1 Å². The number of nitrogens with zero attached hydrogens (tertiary/aromatic N) is 1. The van der Waals surface area contributed by atoms with Gasteiger partial charge >= 0.3 is 0 Å². The molecule has 5 rings (SSSR count). The van der Waals surface area contributed by atoms with E-state index in [2.05, 4.69) is 10.5 Å². The second kappa shape index (κ2) is 8.24. The van der Waals surface area contributed by atoms with E-state index in [0.717, 1.165) is 21.9 Å². The molecule has 0 saturated heterocycles. The fourth-order valence-corrected chi connectivity index (χ4v) is 3.85. The number of anilines is 1. The number of nitrogens with two attached hydrogens (primary N) is 1. The molecule has 3 aromatic carbocycles. The maximum absolute atomic E-state index is 13.0. The summed E-state index contributed by atoms with van der Waals surface area (Å²) < 4.78 is 11.0. The first-order valence-electron chi connectivity index (χ1n) is 9.96. The minimum atomic E-state index is -0.396. The van der Waals surface area contributed by atoms with E-state index in [9.17, 15) is 4.79 Å². The zero-order valence-electron chi connectivity index (χ0n) is 16.8. The Morgan fingerprint density at radius 1 is 0.969 bits per heavy atom. The first-order chi connectivity index (χ1) is 15.6. The Morgan fingerprint density at radius 3 is 2.62 bits per heavy atom. The number of benzene rings is 3. The van der Waals surface area contributed by atoms with Gasteiger partial charge in [0.05, 0.1) is 0 Å². The number of nitrogen functional groups attached to an aromatic ring is 1. The average Bonchev–Trinajstić information content (AvgIpc) is 3.44. The maximum Gasteiger partial charge on any atom is 0.259 e. The summed E-state index contributed by atoms with van der Waals surface area (Å²) in [7, 11) is 0. The van der Waals surface area contributed by atoms with E-state index >= 15 is 0 Å². The molecule has 0 fully saturated rings. The Labute approximate surface area is 188 Å². The van der Waals surface area contributed by atoms with Gasteiger partial charge in [-0.05, 0) is 40.6 Å². The summed E-state index contributed by atoms with van der Waals surface area (Å²) in [4.78, 5) is 13.0. The van der Waals surface area contributed by atoms with Crippen molar-refractivity contribution < 1.29 is 13.7 Å². The number of aromatic nitrogens is 1. The fraction of sp³-hybridized carbons (Fsp3) is 0.0400. The Bertz CT molecular complexity index is 1430. The molecule has 2 aromatic heterocycles. The summed E-state index contributed by atoms with van der Waals surface area (Å²) in [6, 6.07) is 24.8. The molecular weight excluding hydrogens is 426 g/mol. The lowest BCUT2D eigenvalue weighted by molar-refractivity contribution is 0.0952. The molecular formula is C25H18ClN3O3. The number of carbonyl (C=O) groups excluding carboxylic acids is 1. The third kappa shape index (κ3) is 3.72. The van der Waals surface area contributed by atoms with E-state index < -0.39 is 5.91 Å². The van der Waals surface area contributed by atoms with Gasteiger partial charge in [-0.25, -0.2) is 0 Å². The zero-order chi connectivity index (χ0) is 22.1. The lowest BCUT2D eigenvalue weighted by Gasteiger charge is -2.08. The van der Waals surface area contributed by atoms with Crippen molar-refractivity contribution >= 4 is 34.2 Å². The second-order valence-electron chi connectivity index (χ2n) is 7.27. The van der Waals surface area contributed by atoms with Crippen LogP contribution in [0.1, 0.15) is 15.9 Å². The van der Waals surface area contributed by atoms with Crippen molar-refractivity contribution in [1.82, 2.24) is 10.5 Å². The summed E-state index contributed by atoms with van der Waals surface area (Å²) >= 11 is 6.07. The summed E-state index contributed by atoms with van der Waals surface area (Å²) in [5, 5.41) is 9.65. The molecule has 0 aliphatic rings. The monoisotopic (exact) mass is 443 g/mol. The molecule has 0 aliphatic heterocycles. The first kappa shape index (κ1) is 19.9. The number of carbonyl (C=O) groups is 1. The summed E-state index contributed by atoms with van der Waals surface area (Å²) in [5.41, 5.74) is 8.11. The molecule has 0 radical (unpaired) electrons. The number of fused-ring (bicyclic) bond motifs is 1. The van der Waals surface area contributed by atoms with Crippen LogP contribution in [0.5, 0.6) is 0 Å². The largest absolute Gasteiger partial charge is 0.454 e. The molecule has 0 atom stereocenters. The molecule has 7 heteroatoms. The van der Waals surface area contributed by atoms with Crippen LogP contribution in [0, 0.1) is 0 Å². The molecule has 0 spiro atoms. The number of hydrogen-bond acceptors (Lipinski definition) is 5. The number of halogens is 1. The third-order valence-corrected chi connectivity index (χ3v) is 5.45. The molecule has 1 amide bonds. The highest BCUT2D eigenvalue weighted by Gasteiger charge is 2.25. The van der Waals surface area contributed by atoms with Crippen LogP contribution in [0.4, 0.5) is 5.88 Å². The van der Waals surface area contributed by atoms with E-state index in [1.165, 1.54) is 0 Å². The lowest BCUT2D eigenvalue weighted by atomic mass is 10.0. The summed E-state index contributed by atoms with van der Waals surface area (Å²) in [5.74, 6) is 0.491. The quantitative estimate of drug-likeness (QED) is 0.351. The van der Waals surface area contributed by atoms with E-state index in [1.54, 1.807) is 24.3 Å². The fourth-order valence-electron chi connectivity index (χ4n) is 3.66. The van der Waals surface area contributed by atoms with Crippen LogP contribution in [-0.4, -0.2) is 11.1 Å². The van der Waals surface area contributed by atoms with Crippen molar-refractivity contribution in [3.8, 4) is 22.8 Å². The van der Waals surface area contributed by atoms with Gasteiger partial charge in [-0.3, -0.25) is 4.79 Å². The van der Waals surface area contributed by atoms with Gasteiger partial charge in [0.2, 0.25) is 5.88 Å². The number of hydrogen-bond donors (Lipinski definition) is 2. The van der Waals surface area contributed by atoms with Gasteiger partial charge in [-0.2, -0.15) is 0 Å². The van der Waals surface area contributed by atoms with Gasteiger partial charge < -0.3 is 20.0 Å². The zero-order valence-corrected chi connectivity index (χ0v) is 17.6. The molecule has 0 bridgehead atoms. The predicted molar refractivity (Wildman–Crippen MR) is 124 cm³/mol. The average molecular weight is 444 g/mol. The molecule has 5 aromatic rings. The molecule has 0 saturated carbocycles. The van der Waals surface area contributed by atoms with Crippen molar-refractivity contribution in [3.05, 3.63) is 95.0 Å². The Balaban J connectivity index is 1.41. The van der Waals surface area contributed by atoms with Crippen molar-refractivity contribution in [2.75, 3.05) is 5.73 Å². The molecule has 6 nitrogen and oxygen atoms in total. The highest BCUT2D eigenvalue weighted by Crippen LogP contribution is 2.33. The predicted octanol–water partition coefficient (Wildman–Crippen LogP) is 5.92. The Morgan fingerprint density at radius 2 is 1.75 bits per heavy atom. The van der Waals surface area contributed by atoms with Crippen LogP contribution in [0.3, 0.4) is 0 Å². The summed E-state index contributed by atoms with van der Waals surface area (Å²) in [6.45, 7) is 0.330. The number of nitrogens with one attached hydrogen (secondary N) is 1. The van der Waals surface area contributed by atoms with E-state index in [1.807, 2.05) is 54.6 Å². The molecule has 0 unspecified atom stereocenters. The van der Waals surface area contributed by atoms with Gasteiger partial charge in [0.15, 0.2) is 11.5 Å². The Hall–Kier alpha value is -4.03. The van der Waals surface area contributed by atoms with Gasteiger partial charge in [0, 0.05) is 17.1 Å². The van der Waals surface area contributed by atoms with Gasteiger partial charge in [-0.1, -0.05) is 71.4 Å². The highest BCUT2D eigenvalue weighted by molar-refractivity contribution is 6.30. The minimum Gasteiger partial charge on any atom is -0.454 e. The normalized spacial score (nSPS) is 11.0. The molecule has 3 N–H and O–H groups in total. The van der Waals surface area contributed by atoms with Crippen LogP contribution in [0.25, 0.3) is 33.6 Å². The SMILES string of the molecule is Nc1onc(-c2ccc(-c3cccc(Cl)c3)o2)c1C(=O)NCc1cccc2ccccc12. The number of furan rings is 1. The Kier molecular flexibility index (Phi) is 5.13.